The first-order valence-corrected chi connectivity index (χ1v) is 16.2. The van der Waals surface area contributed by atoms with E-state index in [-0.39, 0.29) is 5.41 Å². The van der Waals surface area contributed by atoms with Crippen LogP contribution in [0.4, 0.5) is 17.1 Å². The third kappa shape index (κ3) is 3.80. The van der Waals surface area contributed by atoms with E-state index in [0.29, 0.717) is 0 Å². The normalized spacial score (nSPS) is 14.1. The van der Waals surface area contributed by atoms with Crippen molar-refractivity contribution >= 4 is 49.4 Å². The molecule has 10 rings (SSSR count). The van der Waals surface area contributed by atoms with Gasteiger partial charge < -0.3 is 4.90 Å². The fraction of sp³-hybridized carbons (Fsp3) is 0.0682. The minimum atomic E-state index is 0.127. The van der Waals surface area contributed by atoms with Crippen LogP contribution in [0.15, 0.2) is 158 Å². The molecule has 0 aliphatic heterocycles. The van der Waals surface area contributed by atoms with Gasteiger partial charge in [-0.15, -0.1) is 0 Å². The Hall–Kier alpha value is -5.73. The van der Waals surface area contributed by atoms with Crippen molar-refractivity contribution in [2.75, 3.05) is 4.90 Å². The standard InChI is InChI=1S/C44H30N2/c1-3-9-32-25-35(18-15-29(32)7-1)46(36-19-16-30-8-2-4-10-33(30)26-36)37-20-22-42(45-28-37)34-17-21-38-39-13-5-11-31-12-6-14-40(43(31)39)44(23-24-44)41(38)27-34/h1-22,25-28H,23-24H2. The van der Waals surface area contributed by atoms with Gasteiger partial charge in [0.25, 0.3) is 0 Å². The number of rotatable bonds is 4. The second kappa shape index (κ2) is 9.63. The zero-order valence-electron chi connectivity index (χ0n) is 25.3. The largest absolute Gasteiger partial charge is 0.309 e. The van der Waals surface area contributed by atoms with Crippen molar-refractivity contribution in [1.82, 2.24) is 4.98 Å². The number of hydrogen-bond acceptors (Lipinski definition) is 2. The van der Waals surface area contributed by atoms with Crippen LogP contribution in [0.2, 0.25) is 0 Å². The molecule has 2 aliphatic rings. The first kappa shape index (κ1) is 25.6. The van der Waals surface area contributed by atoms with Gasteiger partial charge in [-0.2, -0.15) is 0 Å². The van der Waals surface area contributed by atoms with Gasteiger partial charge in [0.2, 0.25) is 0 Å². The number of hydrogen-bond donors (Lipinski definition) is 0. The third-order valence-electron chi connectivity index (χ3n) is 10.3. The fourth-order valence-corrected chi connectivity index (χ4v) is 7.88. The summed E-state index contributed by atoms with van der Waals surface area (Å²) in [6, 6.07) is 55.5. The maximum absolute atomic E-state index is 5.10. The molecular formula is C44H30N2. The number of anilines is 3. The zero-order valence-corrected chi connectivity index (χ0v) is 25.3. The van der Waals surface area contributed by atoms with E-state index in [9.17, 15) is 0 Å². The Morgan fingerprint density at radius 1 is 0.457 bits per heavy atom. The Morgan fingerprint density at radius 2 is 1.09 bits per heavy atom. The molecule has 0 bridgehead atoms. The van der Waals surface area contributed by atoms with Gasteiger partial charge in [0.05, 0.1) is 17.6 Å². The van der Waals surface area contributed by atoms with Crippen LogP contribution in [0, 0.1) is 0 Å². The summed E-state index contributed by atoms with van der Waals surface area (Å²) >= 11 is 0. The maximum atomic E-state index is 5.10. The average Bonchev–Trinajstić information content (AvgIpc) is 3.92. The van der Waals surface area contributed by atoms with Crippen LogP contribution in [0.25, 0.3) is 54.7 Å². The summed E-state index contributed by atoms with van der Waals surface area (Å²) < 4.78 is 0. The molecule has 0 amide bonds. The molecule has 216 valence electrons. The van der Waals surface area contributed by atoms with Crippen LogP contribution < -0.4 is 4.90 Å². The highest BCUT2D eigenvalue weighted by atomic mass is 15.1. The highest BCUT2D eigenvalue weighted by Gasteiger charge is 2.50. The number of benzene rings is 7. The molecular weight excluding hydrogens is 556 g/mol. The molecule has 1 spiro atoms. The van der Waals surface area contributed by atoms with Gasteiger partial charge >= 0.3 is 0 Å². The molecule has 7 aromatic carbocycles. The Kier molecular flexibility index (Phi) is 5.36. The summed E-state index contributed by atoms with van der Waals surface area (Å²) in [6.07, 6.45) is 4.44. The van der Waals surface area contributed by atoms with E-state index in [1.165, 1.54) is 73.0 Å². The minimum absolute atomic E-state index is 0.127. The van der Waals surface area contributed by atoms with Gasteiger partial charge in [0.15, 0.2) is 0 Å². The molecule has 46 heavy (non-hydrogen) atoms. The Morgan fingerprint density at radius 3 is 1.74 bits per heavy atom. The number of fused-ring (bicyclic) bond motifs is 6. The van der Waals surface area contributed by atoms with Crippen molar-refractivity contribution in [1.29, 1.82) is 0 Å². The van der Waals surface area contributed by atoms with Crippen molar-refractivity contribution in [3.05, 3.63) is 169 Å². The lowest BCUT2D eigenvalue weighted by Gasteiger charge is -2.29. The van der Waals surface area contributed by atoms with E-state index in [4.69, 9.17) is 4.98 Å². The number of pyridine rings is 1. The summed E-state index contributed by atoms with van der Waals surface area (Å²) in [7, 11) is 0. The smallest absolute Gasteiger partial charge is 0.0703 e. The van der Waals surface area contributed by atoms with Crippen molar-refractivity contribution < 1.29 is 0 Å². The highest BCUT2D eigenvalue weighted by molar-refractivity contribution is 6.04. The van der Waals surface area contributed by atoms with E-state index in [2.05, 4.69) is 157 Å². The average molecular weight is 587 g/mol. The monoisotopic (exact) mass is 586 g/mol. The number of aromatic nitrogens is 1. The van der Waals surface area contributed by atoms with Gasteiger partial charge in [-0.1, -0.05) is 109 Å². The van der Waals surface area contributed by atoms with Gasteiger partial charge in [-0.05, 0) is 110 Å². The van der Waals surface area contributed by atoms with E-state index in [1.807, 2.05) is 6.20 Å². The van der Waals surface area contributed by atoms with E-state index in [1.54, 1.807) is 0 Å². The summed E-state index contributed by atoms with van der Waals surface area (Å²) in [5, 5.41) is 7.69. The first-order chi connectivity index (χ1) is 22.7. The van der Waals surface area contributed by atoms with E-state index >= 15 is 0 Å². The number of nitrogens with zero attached hydrogens (tertiary/aromatic N) is 2. The van der Waals surface area contributed by atoms with Crippen molar-refractivity contribution in [3.63, 3.8) is 0 Å². The third-order valence-corrected chi connectivity index (χ3v) is 10.3. The Labute approximate surface area is 268 Å². The van der Waals surface area contributed by atoms with Crippen LogP contribution in [0.1, 0.15) is 24.0 Å². The van der Waals surface area contributed by atoms with Gasteiger partial charge in [-0.25, -0.2) is 0 Å². The van der Waals surface area contributed by atoms with Crippen LogP contribution >= 0.6 is 0 Å². The summed E-state index contributed by atoms with van der Waals surface area (Å²) in [4.78, 5) is 7.42. The Bertz CT molecular complexity index is 2400. The molecule has 2 aliphatic carbocycles. The fourth-order valence-electron chi connectivity index (χ4n) is 7.88. The van der Waals surface area contributed by atoms with Crippen molar-refractivity contribution in [3.8, 4) is 22.4 Å². The molecule has 1 saturated carbocycles. The van der Waals surface area contributed by atoms with Crippen LogP contribution in [-0.2, 0) is 5.41 Å². The second-order valence-electron chi connectivity index (χ2n) is 12.9. The van der Waals surface area contributed by atoms with Gasteiger partial charge in [-0.3, -0.25) is 4.98 Å². The lowest BCUT2D eigenvalue weighted by atomic mass is 9.74. The SMILES string of the molecule is c1ccc2cc(N(c3ccc(-c4ccc5c(c4)C4(CC4)c4cccc6cccc-5c46)nc3)c3ccc4ccccc4c3)ccc2c1. The predicted octanol–water partition coefficient (Wildman–Crippen LogP) is 11.7. The molecule has 2 heteroatoms. The van der Waals surface area contributed by atoms with Crippen LogP contribution in [0.3, 0.4) is 0 Å². The Balaban J connectivity index is 1.08. The molecule has 1 heterocycles. The lowest BCUT2D eigenvalue weighted by Crippen LogP contribution is -2.15. The first-order valence-electron chi connectivity index (χ1n) is 16.2. The van der Waals surface area contributed by atoms with Crippen molar-refractivity contribution in [2.24, 2.45) is 0 Å². The van der Waals surface area contributed by atoms with Crippen LogP contribution in [-0.4, -0.2) is 4.98 Å². The maximum Gasteiger partial charge on any atom is 0.0703 e. The lowest BCUT2D eigenvalue weighted by molar-refractivity contribution is 0.853. The van der Waals surface area contributed by atoms with Crippen LogP contribution in [0.5, 0.6) is 0 Å². The second-order valence-corrected chi connectivity index (χ2v) is 12.9. The van der Waals surface area contributed by atoms with Gasteiger partial charge in [0.1, 0.15) is 0 Å². The molecule has 2 nitrogen and oxygen atoms in total. The molecule has 0 saturated heterocycles. The molecule has 0 radical (unpaired) electrons. The molecule has 0 atom stereocenters. The molecule has 0 N–H and O–H groups in total. The summed E-state index contributed by atoms with van der Waals surface area (Å²) in [5.74, 6) is 0. The minimum Gasteiger partial charge on any atom is -0.309 e. The molecule has 8 aromatic rings. The predicted molar refractivity (Wildman–Crippen MR) is 192 cm³/mol. The van der Waals surface area contributed by atoms with Gasteiger partial charge in [0, 0.05) is 22.4 Å². The molecule has 1 fully saturated rings. The van der Waals surface area contributed by atoms with E-state index in [0.717, 1.165) is 22.8 Å². The molecule has 0 unspecified atom stereocenters. The van der Waals surface area contributed by atoms with Crippen molar-refractivity contribution in [2.45, 2.75) is 18.3 Å². The zero-order chi connectivity index (χ0) is 30.2. The molecule has 1 aromatic heterocycles. The topological polar surface area (TPSA) is 16.1 Å². The van der Waals surface area contributed by atoms with E-state index < -0.39 is 0 Å². The summed E-state index contributed by atoms with van der Waals surface area (Å²) in [6.45, 7) is 0. The summed E-state index contributed by atoms with van der Waals surface area (Å²) in [5.41, 5.74) is 11.2. The quantitative estimate of drug-likeness (QED) is 0.204. The highest BCUT2D eigenvalue weighted by Crippen LogP contribution is 2.61.